The molecule has 0 spiro atoms. The number of nitrogen functional groups attached to an aromatic ring is 1. The number of halogens is 1. The lowest BCUT2D eigenvalue weighted by atomic mass is 9.97. The Morgan fingerprint density at radius 1 is 1.29 bits per heavy atom. The van der Waals surface area contributed by atoms with Crippen LogP contribution in [0.5, 0.6) is 0 Å². The largest absolute Gasteiger partial charge is 0.490 e. The van der Waals surface area contributed by atoms with Gasteiger partial charge in [0.15, 0.2) is 17.4 Å². The van der Waals surface area contributed by atoms with Crippen LogP contribution in [0.1, 0.15) is 6.23 Å². The molecule has 0 radical (unpaired) electrons. The number of fused-ring (bicyclic) bond motifs is 1. The van der Waals surface area contributed by atoms with Crippen molar-refractivity contribution in [2.24, 2.45) is 0 Å². The predicted molar refractivity (Wildman–Crippen MR) is 105 cm³/mol. The summed E-state index contributed by atoms with van der Waals surface area (Å²) >= 11 is 0. The molecule has 1 aliphatic rings. The van der Waals surface area contributed by atoms with E-state index in [1.54, 1.807) is 5.92 Å². The van der Waals surface area contributed by atoms with Crippen molar-refractivity contribution in [1.82, 2.24) is 19.5 Å². The fraction of sp³-hybridized carbons (Fsp3) is 0.417. The lowest BCUT2D eigenvalue weighted by Gasteiger charge is -2.23. The van der Waals surface area contributed by atoms with E-state index in [-0.39, 0.29) is 17.1 Å². The molecule has 0 aliphatic carbocycles. The molecule has 3 heterocycles. The molecule has 3 rings (SSSR count). The van der Waals surface area contributed by atoms with Crippen molar-refractivity contribution < 1.29 is 60.6 Å². The number of aliphatic hydroxyl groups excluding tert-OH is 1. The molecular weight excluding hydrogens is 534 g/mol. The zero-order valence-corrected chi connectivity index (χ0v) is 18.9. The number of phosphoric ester groups is 1. The number of nitrogens with two attached hydrogens (primary N) is 1. The smallest absolute Gasteiger partial charge is 0.386 e. The number of aromatic amines is 1. The molecule has 188 valence electrons. The fourth-order valence-electron chi connectivity index (χ4n) is 2.90. The van der Waals surface area contributed by atoms with Gasteiger partial charge in [-0.05, 0) is 0 Å². The Labute approximate surface area is 186 Å². The van der Waals surface area contributed by atoms with Crippen molar-refractivity contribution in [3.05, 3.63) is 16.7 Å². The number of aliphatic hydroxyl groups is 1. The molecule has 2 aromatic heterocycles. The first-order valence-electron chi connectivity index (χ1n) is 8.49. The molecule has 34 heavy (non-hydrogen) atoms. The van der Waals surface area contributed by atoms with Gasteiger partial charge in [-0.25, -0.2) is 23.1 Å². The number of anilines is 1. The SMILES string of the molecule is C#C[C@@]1(F)[C@H](O)[C@@H](COP(=O)(O)OP(=O)(O)OP(=O)(O)O)O[C@@H]1n1cnc2c(=O)[nH]c(N)nc21. The summed E-state index contributed by atoms with van der Waals surface area (Å²) in [6, 6.07) is 0. The van der Waals surface area contributed by atoms with Crippen molar-refractivity contribution in [3.8, 4) is 12.3 Å². The molecule has 0 saturated carbocycles. The Balaban J connectivity index is 1.83. The molecule has 1 fully saturated rings. The Hall–Kier alpha value is -2.03. The van der Waals surface area contributed by atoms with Gasteiger partial charge in [-0.2, -0.15) is 13.6 Å². The summed E-state index contributed by atoms with van der Waals surface area (Å²) < 4.78 is 66.9. The van der Waals surface area contributed by atoms with Gasteiger partial charge in [0.1, 0.15) is 12.2 Å². The molecule has 0 aromatic carbocycles. The lowest BCUT2D eigenvalue weighted by Crippen LogP contribution is -2.42. The van der Waals surface area contributed by atoms with E-state index in [0.717, 1.165) is 10.9 Å². The van der Waals surface area contributed by atoms with Gasteiger partial charge >= 0.3 is 23.5 Å². The number of hydrogen-bond acceptors (Lipinski definition) is 12. The van der Waals surface area contributed by atoms with Crippen molar-refractivity contribution in [1.29, 1.82) is 0 Å². The van der Waals surface area contributed by atoms with Crippen molar-refractivity contribution in [3.63, 3.8) is 0 Å². The Morgan fingerprint density at radius 3 is 2.53 bits per heavy atom. The van der Waals surface area contributed by atoms with Gasteiger partial charge in [0.2, 0.25) is 11.6 Å². The maximum atomic E-state index is 15.5. The molecule has 0 amide bonds. The highest BCUT2D eigenvalue weighted by atomic mass is 31.3. The summed E-state index contributed by atoms with van der Waals surface area (Å²) in [4.78, 5) is 57.3. The topological polar surface area (TPSA) is 279 Å². The molecule has 0 bridgehead atoms. The number of hydrogen-bond donors (Lipinski definition) is 7. The molecule has 1 saturated heterocycles. The van der Waals surface area contributed by atoms with Gasteiger partial charge in [0.05, 0.1) is 12.9 Å². The average molecular weight is 549 g/mol. The van der Waals surface area contributed by atoms with Crippen LogP contribution in [0.4, 0.5) is 10.3 Å². The van der Waals surface area contributed by atoms with Crippen molar-refractivity contribution in [2.45, 2.75) is 24.1 Å². The Kier molecular flexibility index (Phi) is 6.94. The Bertz CT molecular complexity index is 1350. The summed E-state index contributed by atoms with van der Waals surface area (Å²) in [6.45, 7) is -1.20. The summed E-state index contributed by atoms with van der Waals surface area (Å²) in [6.07, 6.45) is 0.120. The predicted octanol–water partition coefficient (Wildman–Crippen LogP) is -1.36. The van der Waals surface area contributed by atoms with Gasteiger partial charge in [-0.15, -0.1) is 6.42 Å². The third-order valence-corrected chi connectivity index (χ3v) is 7.99. The van der Waals surface area contributed by atoms with E-state index in [9.17, 15) is 28.5 Å². The number of aromatic nitrogens is 4. The van der Waals surface area contributed by atoms with Gasteiger partial charge < -0.3 is 35.2 Å². The van der Waals surface area contributed by atoms with E-state index < -0.39 is 59.7 Å². The number of H-pyrrole nitrogens is 1. The molecule has 22 heteroatoms. The van der Waals surface area contributed by atoms with Crippen LogP contribution in [0.15, 0.2) is 11.1 Å². The second kappa shape index (κ2) is 8.88. The maximum Gasteiger partial charge on any atom is 0.490 e. The minimum atomic E-state index is -5.81. The minimum absolute atomic E-state index is 0.288. The number of terminal acetylenes is 1. The van der Waals surface area contributed by atoms with Crippen LogP contribution < -0.4 is 11.3 Å². The number of imidazole rings is 1. The standard InChI is InChI=1S/C12H15FN5O13P3/c1-2-12(13)7(19)5(3-28-33(24,25)31-34(26,27)30-32(21,22)23)29-10(12)18-4-15-6-8(18)16-11(14)17-9(6)20/h1,4-5,7,10,19H,3H2,(H,24,25)(H,26,27)(H2,21,22,23)(H3,14,16,17,20)/t5-,7-,10+,12-/m1/s1. The third kappa shape index (κ3) is 5.44. The second-order valence-electron chi connectivity index (χ2n) is 6.55. The number of phosphoric acid groups is 3. The van der Waals surface area contributed by atoms with Gasteiger partial charge in [0, 0.05) is 0 Å². The minimum Gasteiger partial charge on any atom is -0.386 e. The first-order chi connectivity index (χ1) is 15.5. The zero-order chi connectivity index (χ0) is 25.7. The molecule has 1 aliphatic heterocycles. The number of nitrogens with one attached hydrogen (secondary N) is 1. The Morgan fingerprint density at radius 2 is 1.94 bits per heavy atom. The normalized spacial score (nSPS) is 28.9. The molecule has 8 N–H and O–H groups in total. The van der Waals surface area contributed by atoms with Gasteiger partial charge in [-0.1, -0.05) is 5.92 Å². The lowest BCUT2D eigenvalue weighted by molar-refractivity contribution is -0.0496. The summed E-state index contributed by atoms with van der Waals surface area (Å²) in [5.41, 5.74) is 1.06. The highest BCUT2D eigenvalue weighted by molar-refractivity contribution is 7.66. The van der Waals surface area contributed by atoms with Crippen LogP contribution in [0.3, 0.4) is 0 Å². The van der Waals surface area contributed by atoms with E-state index in [1.165, 1.54) is 0 Å². The van der Waals surface area contributed by atoms with E-state index in [2.05, 4.69) is 28.1 Å². The van der Waals surface area contributed by atoms with Crippen LogP contribution in [-0.2, 0) is 31.6 Å². The second-order valence-corrected chi connectivity index (χ2v) is 11.0. The molecule has 2 unspecified atom stereocenters. The van der Waals surface area contributed by atoms with E-state index in [0.29, 0.717) is 0 Å². The van der Waals surface area contributed by atoms with Crippen LogP contribution in [-0.4, -0.2) is 68.7 Å². The van der Waals surface area contributed by atoms with Crippen LogP contribution >= 0.6 is 23.5 Å². The summed E-state index contributed by atoms with van der Waals surface area (Å²) in [5, 5.41) is 10.3. The summed E-state index contributed by atoms with van der Waals surface area (Å²) in [5.74, 6) is 1.30. The monoisotopic (exact) mass is 549 g/mol. The summed E-state index contributed by atoms with van der Waals surface area (Å²) in [7, 11) is -17.0. The van der Waals surface area contributed by atoms with E-state index in [4.69, 9.17) is 31.6 Å². The highest BCUT2D eigenvalue weighted by Gasteiger charge is 2.58. The molecular formula is C12H15FN5O13P3. The highest BCUT2D eigenvalue weighted by Crippen LogP contribution is 2.66. The van der Waals surface area contributed by atoms with Crippen LogP contribution in [0.25, 0.3) is 11.2 Å². The molecule has 18 nitrogen and oxygen atoms in total. The quantitative estimate of drug-likeness (QED) is 0.148. The fourth-order valence-corrected chi connectivity index (χ4v) is 5.93. The van der Waals surface area contributed by atoms with Crippen molar-refractivity contribution >= 4 is 40.6 Å². The third-order valence-electron chi connectivity index (χ3n) is 4.19. The number of alkyl halides is 1. The average Bonchev–Trinajstić information content (AvgIpc) is 3.17. The first-order valence-corrected chi connectivity index (χ1v) is 13.0. The van der Waals surface area contributed by atoms with Crippen LogP contribution in [0.2, 0.25) is 0 Å². The number of ether oxygens (including phenoxy) is 1. The van der Waals surface area contributed by atoms with E-state index in [1.807, 2.05) is 0 Å². The van der Waals surface area contributed by atoms with Gasteiger partial charge in [0.25, 0.3) is 5.56 Å². The van der Waals surface area contributed by atoms with Crippen molar-refractivity contribution in [2.75, 3.05) is 12.3 Å². The van der Waals surface area contributed by atoms with E-state index >= 15 is 4.39 Å². The van der Waals surface area contributed by atoms with Gasteiger partial charge in [-0.3, -0.25) is 18.9 Å². The maximum absolute atomic E-state index is 15.5. The first kappa shape index (κ1) is 26.6. The molecule has 6 atom stereocenters. The number of nitrogens with zero attached hydrogens (tertiary/aromatic N) is 3. The van der Waals surface area contributed by atoms with Crippen LogP contribution in [0, 0.1) is 12.3 Å². The molecule has 2 aromatic rings. The zero-order valence-electron chi connectivity index (χ0n) is 16.2. The number of rotatable bonds is 8.